The van der Waals surface area contributed by atoms with Gasteiger partial charge in [-0.1, -0.05) is 40.2 Å². The summed E-state index contributed by atoms with van der Waals surface area (Å²) in [7, 11) is 0. The average molecular weight is 431 g/mol. The molecule has 2 aromatic carbocycles. The van der Waals surface area contributed by atoms with Crippen molar-refractivity contribution in [3.63, 3.8) is 0 Å². The van der Waals surface area contributed by atoms with Crippen molar-refractivity contribution in [2.75, 3.05) is 11.9 Å². The van der Waals surface area contributed by atoms with Crippen molar-refractivity contribution >= 4 is 38.3 Å². The summed E-state index contributed by atoms with van der Waals surface area (Å²) in [5.41, 5.74) is 1.87. The lowest BCUT2D eigenvalue weighted by Gasteiger charge is -2.25. The summed E-state index contributed by atoms with van der Waals surface area (Å²) in [5, 5.41) is 3.39. The molecule has 0 aliphatic carbocycles. The molecule has 1 N–H and O–H groups in total. The van der Waals surface area contributed by atoms with Crippen molar-refractivity contribution in [3.8, 4) is 22.8 Å². The third-order valence-corrected chi connectivity index (χ3v) is 5.36. The van der Waals surface area contributed by atoms with E-state index < -0.39 is 6.10 Å². The van der Waals surface area contributed by atoms with Crippen LogP contribution < -0.4 is 14.8 Å². The monoisotopic (exact) mass is 430 g/mol. The van der Waals surface area contributed by atoms with Crippen molar-refractivity contribution in [1.29, 1.82) is 0 Å². The summed E-state index contributed by atoms with van der Waals surface area (Å²) in [6.45, 7) is 2.16. The molecule has 0 spiro atoms. The van der Waals surface area contributed by atoms with Crippen LogP contribution in [0.2, 0.25) is 0 Å². The second kappa shape index (κ2) is 7.09. The molecule has 0 saturated heterocycles. The number of thiazole rings is 1. The molecule has 1 unspecified atom stereocenters. The summed E-state index contributed by atoms with van der Waals surface area (Å²) in [6, 6.07) is 15.2. The molecule has 1 aliphatic rings. The Morgan fingerprint density at radius 3 is 2.69 bits per heavy atom. The lowest BCUT2D eigenvalue weighted by atomic mass is 10.1. The molecule has 132 valence electrons. The predicted molar refractivity (Wildman–Crippen MR) is 105 cm³/mol. The SMILES string of the molecule is Cc1sc(NC(=O)C2COc3ccccc3O2)nc1-c1ccc(Br)cc1. The molecule has 5 nitrogen and oxygen atoms in total. The topological polar surface area (TPSA) is 60.5 Å². The second-order valence-electron chi connectivity index (χ2n) is 5.78. The van der Waals surface area contributed by atoms with E-state index in [1.54, 1.807) is 6.07 Å². The van der Waals surface area contributed by atoms with Gasteiger partial charge in [0.05, 0.1) is 5.69 Å². The maximum atomic E-state index is 12.5. The average Bonchev–Trinajstić information content (AvgIpc) is 3.02. The number of ether oxygens (including phenoxy) is 2. The second-order valence-corrected chi connectivity index (χ2v) is 7.90. The Bertz CT molecular complexity index is 956. The normalized spacial score (nSPS) is 15.5. The summed E-state index contributed by atoms with van der Waals surface area (Å²) in [6.07, 6.45) is -0.703. The van der Waals surface area contributed by atoms with E-state index in [-0.39, 0.29) is 12.5 Å². The van der Waals surface area contributed by atoms with Crippen LogP contribution in [-0.4, -0.2) is 23.6 Å². The standard InChI is InChI=1S/C19H15BrN2O3S/c1-11-17(12-6-8-13(20)9-7-12)21-19(26-11)22-18(23)16-10-24-14-4-2-3-5-15(14)25-16/h2-9,16H,10H2,1H3,(H,21,22,23). The van der Waals surface area contributed by atoms with Gasteiger partial charge in [0, 0.05) is 14.9 Å². The van der Waals surface area contributed by atoms with Gasteiger partial charge >= 0.3 is 0 Å². The van der Waals surface area contributed by atoms with E-state index in [1.165, 1.54) is 11.3 Å². The third-order valence-electron chi connectivity index (χ3n) is 3.95. The molecule has 0 fully saturated rings. The minimum atomic E-state index is -0.703. The number of nitrogens with one attached hydrogen (secondary N) is 1. The summed E-state index contributed by atoms with van der Waals surface area (Å²) < 4.78 is 12.3. The predicted octanol–water partition coefficient (Wildman–Crippen LogP) is 4.66. The van der Waals surface area contributed by atoms with E-state index in [0.29, 0.717) is 16.6 Å². The zero-order chi connectivity index (χ0) is 18.1. The Labute approximate surface area is 163 Å². The highest BCUT2D eigenvalue weighted by Gasteiger charge is 2.28. The number of anilines is 1. The minimum Gasteiger partial charge on any atom is -0.485 e. The highest BCUT2D eigenvalue weighted by atomic mass is 79.9. The lowest BCUT2D eigenvalue weighted by Crippen LogP contribution is -2.40. The van der Waals surface area contributed by atoms with Gasteiger partial charge in [-0.15, -0.1) is 11.3 Å². The number of carbonyl (C=O) groups is 1. The van der Waals surface area contributed by atoms with Gasteiger partial charge in [0.1, 0.15) is 6.61 Å². The number of aryl methyl sites for hydroxylation is 1. The highest BCUT2D eigenvalue weighted by Crippen LogP contribution is 2.33. The van der Waals surface area contributed by atoms with Gasteiger partial charge in [0.15, 0.2) is 16.6 Å². The number of fused-ring (bicyclic) bond motifs is 1. The number of halogens is 1. The summed E-state index contributed by atoms with van der Waals surface area (Å²) in [4.78, 5) is 18.1. The first-order chi connectivity index (χ1) is 12.6. The van der Waals surface area contributed by atoms with Crippen LogP contribution in [0.1, 0.15) is 4.88 Å². The molecular weight excluding hydrogens is 416 g/mol. The van der Waals surface area contributed by atoms with Crippen molar-refractivity contribution < 1.29 is 14.3 Å². The van der Waals surface area contributed by atoms with Gasteiger partial charge < -0.3 is 9.47 Å². The van der Waals surface area contributed by atoms with Gasteiger partial charge in [-0.05, 0) is 31.2 Å². The molecule has 1 aromatic heterocycles. The number of benzene rings is 2. The van der Waals surface area contributed by atoms with Gasteiger partial charge in [0.2, 0.25) is 6.10 Å². The number of carbonyl (C=O) groups excluding carboxylic acids is 1. The Morgan fingerprint density at radius 1 is 1.19 bits per heavy atom. The van der Waals surface area contributed by atoms with Gasteiger partial charge in [-0.2, -0.15) is 0 Å². The Hall–Kier alpha value is -2.38. The number of hydrogen-bond donors (Lipinski definition) is 1. The molecule has 1 amide bonds. The Balaban J connectivity index is 1.49. The van der Waals surface area contributed by atoms with Crippen LogP contribution in [0, 0.1) is 6.92 Å². The molecule has 1 atom stereocenters. The third kappa shape index (κ3) is 3.45. The molecule has 0 radical (unpaired) electrons. The van der Waals surface area contributed by atoms with E-state index in [2.05, 4.69) is 26.2 Å². The van der Waals surface area contributed by atoms with Crippen LogP contribution >= 0.6 is 27.3 Å². The molecule has 0 saturated carbocycles. The number of nitrogens with zero attached hydrogens (tertiary/aromatic N) is 1. The van der Waals surface area contributed by atoms with E-state index in [4.69, 9.17) is 9.47 Å². The number of rotatable bonds is 3. The fourth-order valence-corrected chi connectivity index (χ4v) is 3.76. The number of para-hydroxylation sites is 2. The smallest absolute Gasteiger partial charge is 0.270 e. The number of hydrogen-bond acceptors (Lipinski definition) is 5. The van der Waals surface area contributed by atoms with Crippen molar-refractivity contribution in [2.45, 2.75) is 13.0 Å². The van der Waals surface area contributed by atoms with Crippen molar-refractivity contribution in [1.82, 2.24) is 4.98 Å². The fourth-order valence-electron chi connectivity index (χ4n) is 2.66. The first-order valence-electron chi connectivity index (χ1n) is 8.03. The maximum Gasteiger partial charge on any atom is 0.270 e. The minimum absolute atomic E-state index is 0.173. The van der Waals surface area contributed by atoms with Crippen LogP contribution in [-0.2, 0) is 4.79 Å². The van der Waals surface area contributed by atoms with Crippen LogP contribution in [0.5, 0.6) is 11.5 Å². The molecule has 26 heavy (non-hydrogen) atoms. The molecule has 1 aliphatic heterocycles. The van der Waals surface area contributed by atoms with Crippen molar-refractivity contribution in [3.05, 3.63) is 57.9 Å². The van der Waals surface area contributed by atoms with Crippen LogP contribution in [0.25, 0.3) is 11.3 Å². The summed E-state index contributed by atoms with van der Waals surface area (Å²) >= 11 is 4.87. The van der Waals surface area contributed by atoms with Crippen molar-refractivity contribution in [2.24, 2.45) is 0 Å². The molecule has 2 heterocycles. The van der Waals surface area contributed by atoms with E-state index >= 15 is 0 Å². The van der Waals surface area contributed by atoms with Crippen LogP contribution in [0.15, 0.2) is 53.0 Å². The van der Waals surface area contributed by atoms with Gasteiger partial charge in [-0.3, -0.25) is 10.1 Å². The van der Waals surface area contributed by atoms with Gasteiger partial charge in [-0.25, -0.2) is 4.98 Å². The molecule has 3 aromatic rings. The van der Waals surface area contributed by atoms with Crippen LogP contribution in [0.3, 0.4) is 0 Å². The molecule has 4 rings (SSSR count). The zero-order valence-electron chi connectivity index (χ0n) is 13.9. The molecule has 0 bridgehead atoms. The van der Waals surface area contributed by atoms with Gasteiger partial charge in [0.25, 0.3) is 5.91 Å². The van der Waals surface area contributed by atoms with E-state index in [9.17, 15) is 4.79 Å². The maximum absolute atomic E-state index is 12.5. The lowest BCUT2D eigenvalue weighted by molar-refractivity contribution is -0.125. The van der Waals surface area contributed by atoms with Crippen LogP contribution in [0.4, 0.5) is 5.13 Å². The first kappa shape index (κ1) is 17.1. The first-order valence-corrected chi connectivity index (χ1v) is 9.64. The largest absolute Gasteiger partial charge is 0.485 e. The van der Waals surface area contributed by atoms with E-state index in [0.717, 1.165) is 20.6 Å². The zero-order valence-corrected chi connectivity index (χ0v) is 16.3. The Morgan fingerprint density at radius 2 is 1.92 bits per heavy atom. The quantitative estimate of drug-likeness (QED) is 0.656. The number of aromatic nitrogens is 1. The molecular formula is C19H15BrN2O3S. The van der Waals surface area contributed by atoms with E-state index in [1.807, 2.05) is 49.4 Å². The number of amides is 1. The Kier molecular flexibility index (Phi) is 4.65. The molecule has 7 heteroatoms. The summed E-state index contributed by atoms with van der Waals surface area (Å²) in [5.74, 6) is 0.958. The fraction of sp³-hybridized carbons (Fsp3) is 0.158. The highest BCUT2D eigenvalue weighted by molar-refractivity contribution is 9.10.